The zero-order chi connectivity index (χ0) is 10.7. The van der Waals surface area contributed by atoms with E-state index in [0.29, 0.717) is 0 Å². The van der Waals surface area contributed by atoms with Gasteiger partial charge in [-0.3, -0.25) is 0 Å². The third-order valence-electron chi connectivity index (χ3n) is 3.42. The molecule has 1 aromatic rings. The fraction of sp³-hybridized carbons (Fsp3) is 0.462. The molecule has 0 aromatic heterocycles. The van der Waals surface area contributed by atoms with Crippen molar-refractivity contribution >= 4 is 0 Å². The zero-order valence-corrected chi connectivity index (χ0v) is 8.82. The van der Waals surface area contributed by atoms with Crippen LogP contribution in [0.1, 0.15) is 31.2 Å². The molecule has 2 rings (SSSR count). The van der Waals surface area contributed by atoms with Gasteiger partial charge in [-0.15, -0.1) is 0 Å². The monoisotopic (exact) mass is 200 g/mol. The van der Waals surface area contributed by atoms with E-state index in [-0.39, 0.29) is 11.5 Å². The van der Waals surface area contributed by atoms with Gasteiger partial charge in [-0.2, -0.15) is 5.26 Å². The lowest BCUT2D eigenvalue weighted by molar-refractivity contribution is 0.332. The van der Waals surface area contributed by atoms with Crippen molar-refractivity contribution in [3.05, 3.63) is 35.9 Å². The molecule has 2 nitrogen and oxygen atoms in total. The smallest absolute Gasteiger partial charge is 0.0823 e. The third kappa shape index (κ3) is 1.88. The van der Waals surface area contributed by atoms with Gasteiger partial charge in [0.25, 0.3) is 0 Å². The van der Waals surface area contributed by atoms with Gasteiger partial charge in [-0.05, 0) is 31.2 Å². The van der Waals surface area contributed by atoms with Crippen LogP contribution in [0.3, 0.4) is 0 Å². The second-order valence-electron chi connectivity index (χ2n) is 4.40. The molecule has 2 heteroatoms. The summed E-state index contributed by atoms with van der Waals surface area (Å²) in [5, 5.41) is 9.39. The number of nitrogens with zero attached hydrogens (tertiary/aromatic N) is 1. The van der Waals surface area contributed by atoms with E-state index in [0.717, 1.165) is 31.2 Å². The van der Waals surface area contributed by atoms with Crippen molar-refractivity contribution in [2.24, 2.45) is 5.73 Å². The molecule has 0 heterocycles. The molecule has 0 spiro atoms. The van der Waals surface area contributed by atoms with Gasteiger partial charge in [0, 0.05) is 6.04 Å². The Morgan fingerprint density at radius 2 is 1.80 bits per heavy atom. The number of hydrogen-bond acceptors (Lipinski definition) is 2. The summed E-state index contributed by atoms with van der Waals surface area (Å²) in [7, 11) is 0. The summed E-state index contributed by atoms with van der Waals surface area (Å²) in [6.07, 6.45) is 3.72. The fourth-order valence-corrected chi connectivity index (χ4v) is 2.36. The van der Waals surface area contributed by atoms with E-state index in [4.69, 9.17) is 5.73 Å². The van der Waals surface area contributed by atoms with Gasteiger partial charge in [0.15, 0.2) is 0 Å². The van der Waals surface area contributed by atoms with E-state index in [1.807, 2.05) is 18.2 Å². The quantitative estimate of drug-likeness (QED) is 0.756. The molecule has 2 N–H and O–H groups in total. The number of nitrogens with two attached hydrogens (primary N) is 1. The Bertz CT molecular complexity index is 356. The van der Waals surface area contributed by atoms with Crippen LogP contribution in [0.5, 0.6) is 0 Å². The molecule has 78 valence electrons. The first-order valence-corrected chi connectivity index (χ1v) is 5.49. The van der Waals surface area contributed by atoms with Crippen molar-refractivity contribution in [1.29, 1.82) is 5.26 Å². The molecule has 1 aromatic carbocycles. The van der Waals surface area contributed by atoms with E-state index in [1.165, 1.54) is 0 Å². The van der Waals surface area contributed by atoms with Crippen molar-refractivity contribution in [2.45, 2.75) is 37.1 Å². The summed E-state index contributed by atoms with van der Waals surface area (Å²) in [6.45, 7) is 0. The molecule has 1 saturated carbocycles. The zero-order valence-electron chi connectivity index (χ0n) is 8.82. The Balaban J connectivity index is 2.28. The first kappa shape index (κ1) is 10.2. The number of hydrogen-bond donors (Lipinski definition) is 1. The summed E-state index contributed by atoms with van der Waals surface area (Å²) < 4.78 is 0. The molecular weight excluding hydrogens is 184 g/mol. The van der Waals surface area contributed by atoms with Crippen LogP contribution < -0.4 is 5.73 Å². The number of rotatable bonds is 1. The van der Waals surface area contributed by atoms with Gasteiger partial charge < -0.3 is 5.73 Å². The normalized spacial score (nSPS) is 30.8. The molecular formula is C13H16N2. The number of nitriles is 1. The first-order valence-electron chi connectivity index (χ1n) is 5.49. The van der Waals surface area contributed by atoms with Crippen molar-refractivity contribution in [3.63, 3.8) is 0 Å². The highest BCUT2D eigenvalue weighted by atomic mass is 14.6. The molecule has 15 heavy (non-hydrogen) atoms. The van der Waals surface area contributed by atoms with Crippen LogP contribution in [-0.4, -0.2) is 6.04 Å². The molecule has 0 radical (unpaired) electrons. The lowest BCUT2D eigenvalue weighted by atomic mass is 9.69. The van der Waals surface area contributed by atoms with Gasteiger partial charge in [-0.25, -0.2) is 0 Å². The molecule has 1 fully saturated rings. The highest BCUT2D eigenvalue weighted by Crippen LogP contribution is 2.38. The van der Waals surface area contributed by atoms with Gasteiger partial charge >= 0.3 is 0 Å². The van der Waals surface area contributed by atoms with Crippen LogP contribution in [-0.2, 0) is 5.41 Å². The lowest BCUT2D eigenvalue weighted by Crippen LogP contribution is -2.35. The molecule has 0 amide bonds. The predicted octanol–water partition coefficient (Wildman–Crippen LogP) is 2.35. The van der Waals surface area contributed by atoms with Crippen molar-refractivity contribution in [1.82, 2.24) is 0 Å². The second-order valence-corrected chi connectivity index (χ2v) is 4.40. The highest BCUT2D eigenvalue weighted by Gasteiger charge is 2.35. The summed E-state index contributed by atoms with van der Waals surface area (Å²) in [5.74, 6) is 0. The summed E-state index contributed by atoms with van der Waals surface area (Å²) in [4.78, 5) is 0. The molecule has 0 aliphatic heterocycles. The maximum absolute atomic E-state index is 9.39. The standard InChI is InChI=1S/C13H16N2/c14-10-13(8-6-12(15)7-9-13)11-4-2-1-3-5-11/h1-5,12H,6-9,15H2/t12-,13+. The molecule has 0 atom stereocenters. The van der Waals surface area contributed by atoms with Crippen LogP contribution in [0.2, 0.25) is 0 Å². The topological polar surface area (TPSA) is 49.8 Å². The largest absolute Gasteiger partial charge is 0.328 e. The van der Waals surface area contributed by atoms with Crippen LogP contribution in [0.25, 0.3) is 0 Å². The third-order valence-corrected chi connectivity index (χ3v) is 3.42. The summed E-state index contributed by atoms with van der Waals surface area (Å²) >= 11 is 0. The van der Waals surface area contributed by atoms with Crippen molar-refractivity contribution < 1.29 is 0 Å². The molecule has 0 saturated heterocycles. The van der Waals surface area contributed by atoms with E-state index >= 15 is 0 Å². The molecule has 0 unspecified atom stereocenters. The summed E-state index contributed by atoms with van der Waals surface area (Å²) in [5.41, 5.74) is 6.75. The Kier molecular flexibility index (Phi) is 2.75. The average molecular weight is 200 g/mol. The SMILES string of the molecule is N#C[C@]1(c2ccccc2)CC[C@@H](N)CC1. The molecule has 0 bridgehead atoms. The minimum absolute atomic E-state index is 0.281. The van der Waals surface area contributed by atoms with Crippen molar-refractivity contribution in [3.8, 4) is 6.07 Å². The maximum atomic E-state index is 9.39. The highest BCUT2D eigenvalue weighted by molar-refractivity contribution is 5.33. The van der Waals surface area contributed by atoms with Crippen LogP contribution in [0.15, 0.2) is 30.3 Å². The Morgan fingerprint density at radius 1 is 1.20 bits per heavy atom. The first-order chi connectivity index (χ1) is 7.27. The second kappa shape index (κ2) is 4.04. The van der Waals surface area contributed by atoms with Crippen LogP contribution >= 0.6 is 0 Å². The Morgan fingerprint density at radius 3 is 2.33 bits per heavy atom. The molecule has 1 aliphatic rings. The van der Waals surface area contributed by atoms with E-state index in [9.17, 15) is 5.26 Å². The van der Waals surface area contributed by atoms with Crippen molar-refractivity contribution in [2.75, 3.05) is 0 Å². The minimum Gasteiger partial charge on any atom is -0.328 e. The van der Waals surface area contributed by atoms with E-state index in [1.54, 1.807) is 0 Å². The minimum atomic E-state index is -0.281. The molecule has 1 aliphatic carbocycles. The van der Waals surface area contributed by atoms with E-state index in [2.05, 4.69) is 18.2 Å². The Labute approximate surface area is 90.7 Å². The fourth-order valence-electron chi connectivity index (χ4n) is 2.36. The Hall–Kier alpha value is -1.33. The van der Waals surface area contributed by atoms with Gasteiger partial charge in [-0.1, -0.05) is 30.3 Å². The predicted molar refractivity (Wildman–Crippen MR) is 60.2 cm³/mol. The average Bonchev–Trinajstić information content (AvgIpc) is 2.32. The summed E-state index contributed by atoms with van der Waals surface area (Å²) in [6, 6.07) is 12.9. The van der Waals surface area contributed by atoms with Gasteiger partial charge in [0.05, 0.1) is 11.5 Å². The van der Waals surface area contributed by atoms with Gasteiger partial charge in [0.2, 0.25) is 0 Å². The lowest BCUT2D eigenvalue weighted by Gasteiger charge is -2.33. The van der Waals surface area contributed by atoms with E-state index < -0.39 is 0 Å². The van der Waals surface area contributed by atoms with Gasteiger partial charge in [0.1, 0.15) is 0 Å². The van der Waals surface area contributed by atoms with Crippen LogP contribution in [0.4, 0.5) is 0 Å². The number of benzene rings is 1. The maximum Gasteiger partial charge on any atom is 0.0823 e. The van der Waals surface area contributed by atoms with Crippen LogP contribution in [0, 0.1) is 11.3 Å².